The number of hydrogen-bond donors (Lipinski definition) is 2. The van der Waals surface area contributed by atoms with Crippen LogP contribution in [0.15, 0.2) is 18.2 Å². The van der Waals surface area contributed by atoms with Crippen LogP contribution in [0.3, 0.4) is 0 Å². The number of nitrogen functional groups attached to an aromatic ring is 1. The first-order valence-corrected chi connectivity index (χ1v) is 7.10. The summed E-state index contributed by atoms with van der Waals surface area (Å²) in [5, 5.41) is 10.0. The van der Waals surface area contributed by atoms with Gasteiger partial charge in [-0.05, 0) is 24.5 Å². The zero-order valence-electron chi connectivity index (χ0n) is 11.6. The van der Waals surface area contributed by atoms with Crippen molar-refractivity contribution >= 4 is 11.4 Å². The number of aliphatic hydroxyl groups excluding tert-OH is 1. The quantitative estimate of drug-likeness (QED) is 0.582. The number of anilines is 2. The standard InChI is InChI=1S/C15H24N2O2/c1-2-3-9-19-11-13(18)10-17-8-7-12-5-4-6-14(16)15(12)17/h4-6,13,18H,2-3,7-11,16H2,1H3. The van der Waals surface area contributed by atoms with Crippen molar-refractivity contribution in [1.82, 2.24) is 0 Å². The summed E-state index contributed by atoms with van der Waals surface area (Å²) in [6.45, 7) is 4.78. The lowest BCUT2D eigenvalue weighted by Gasteiger charge is -2.24. The molecule has 1 aromatic carbocycles. The van der Waals surface area contributed by atoms with Crippen LogP contribution in [-0.2, 0) is 11.2 Å². The fraction of sp³-hybridized carbons (Fsp3) is 0.600. The van der Waals surface area contributed by atoms with Crippen LogP contribution in [-0.4, -0.2) is 37.5 Å². The molecule has 4 heteroatoms. The van der Waals surface area contributed by atoms with E-state index in [1.807, 2.05) is 12.1 Å². The highest BCUT2D eigenvalue weighted by molar-refractivity contribution is 5.74. The third-order valence-electron chi connectivity index (χ3n) is 3.50. The molecule has 0 spiro atoms. The molecule has 2 rings (SSSR count). The van der Waals surface area contributed by atoms with Crippen molar-refractivity contribution in [3.05, 3.63) is 23.8 Å². The maximum absolute atomic E-state index is 10.0. The Kier molecular flexibility index (Phi) is 5.05. The van der Waals surface area contributed by atoms with E-state index in [-0.39, 0.29) is 0 Å². The lowest BCUT2D eigenvalue weighted by atomic mass is 10.1. The highest BCUT2D eigenvalue weighted by Gasteiger charge is 2.23. The maximum Gasteiger partial charge on any atom is 0.0948 e. The van der Waals surface area contributed by atoms with Gasteiger partial charge in [0.25, 0.3) is 0 Å². The molecule has 1 aliphatic heterocycles. The van der Waals surface area contributed by atoms with Crippen molar-refractivity contribution in [2.45, 2.75) is 32.3 Å². The Bertz CT molecular complexity index is 409. The Labute approximate surface area is 115 Å². The molecule has 3 N–H and O–H groups in total. The van der Waals surface area contributed by atoms with Gasteiger partial charge in [-0.1, -0.05) is 25.5 Å². The first-order valence-electron chi connectivity index (χ1n) is 7.10. The van der Waals surface area contributed by atoms with Crippen LogP contribution in [0.25, 0.3) is 0 Å². The second-order valence-electron chi connectivity index (χ2n) is 5.13. The number of β-amino-alcohol motifs (C(OH)–C–C–N with tert-alkyl or cyclic N) is 1. The summed E-state index contributed by atoms with van der Waals surface area (Å²) >= 11 is 0. The molecule has 1 unspecified atom stereocenters. The van der Waals surface area contributed by atoms with E-state index >= 15 is 0 Å². The van der Waals surface area contributed by atoms with Gasteiger partial charge >= 0.3 is 0 Å². The predicted octanol–water partition coefficient (Wildman–Crippen LogP) is 1.81. The Hall–Kier alpha value is -1.26. The number of unbranched alkanes of at least 4 members (excludes halogenated alkanes) is 1. The molecule has 1 aliphatic rings. The van der Waals surface area contributed by atoms with Crippen LogP contribution in [0.4, 0.5) is 11.4 Å². The zero-order chi connectivity index (χ0) is 13.7. The van der Waals surface area contributed by atoms with Crippen molar-refractivity contribution in [1.29, 1.82) is 0 Å². The molecule has 1 heterocycles. The van der Waals surface area contributed by atoms with E-state index in [1.165, 1.54) is 5.56 Å². The molecule has 0 fully saturated rings. The van der Waals surface area contributed by atoms with Crippen LogP contribution < -0.4 is 10.6 Å². The molecule has 0 amide bonds. The molecule has 0 bridgehead atoms. The summed E-state index contributed by atoms with van der Waals surface area (Å²) in [6.07, 6.45) is 2.71. The Balaban J connectivity index is 1.85. The Morgan fingerprint density at radius 1 is 1.47 bits per heavy atom. The number of para-hydroxylation sites is 1. The largest absolute Gasteiger partial charge is 0.397 e. The third kappa shape index (κ3) is 3.61. The predicted molar refractivity (Wildman–Crippen MR) is 78.5 cm³/mol. The number of fused-ring (bicyclic) bond motifs is 1. The summed E-state index contributed by atoms with van der Waals surface area (Å²) in [7, 11) is 0. The average molecular weight is 264 g/mol. The molecule has 106 valence electrons. The first-order chi connectivity index (χ1) is 9.22. The number of nitrogens with zero attached hydrogens (tertiary/aromatic N) is 1. The third-order valence-corrected chi connectivity index (χ3v) is 3.50. The van der Waals surface area contributed by atoms with Gasteiger partial charge < -0.3 is 20.5 Å². The summed E-state index contributed by atoms with van der Waals surface area (Å²) < 4.78 is 5.46. The van der Waals surface area contributed by atoms with Crippen molar-refractivity contribution in [3.8, 4) is 0 Å². The minimum atomic E-state index is -0.456. The Morgan fingerprint density at radius 2 is 2.32 bits per heavy atom. The van der Waals surface area contributed by atoms with Gasteiger partial charge in [0.2, 0.25) is 0 Å². The minimum absolute atomic E-state index is 0.401. The molecule has 1 atom stereocenters. The second-order valence-corrected chi connectivity index (χ2v) is 5.13. The first kappa shape index (κ1) is 14.2. The van der Waals surface area contributed by atoms with E-state index in [0.717, 1.165) is 43.8 Å². The van der Waals surface area contributed by atoms with Gasteiger partial charge in [-0.15, -0.1) is 0 Å². The van der Waals surface area contributed by atoms with E-state index in [2.05, 4.69) is 17.9 Å². The lowest BCUT2D eigenvalue weighted by Crippen LogP contribution is -2.34. The molecule has 0 saturated heterocycles. The Morgan fingerprint density at radius 3 is 3.11 bits per heavy atom. The second kappa shape index (κ2) is 6.78. The number of ether oxygens (including phenoxy) is 1. The van der Waals surface area contributed by atoms with Crippen LogP contribution in [0, 0.1) is 0 Å². The number of aliphatic hydroxyl groups is 1. The minimum Gasteiger partial charge on any atom is -0.397 e. The number of hydrogen-bond acceptors (Lipinski definition) is 4. The van der Waals surface area contributed by atoms with E-state index < -0.39 is 6.10 Å². The molecule has 4 nitrogen and oxygen atoms in total. The molecule has 1 aromatic rings. The fourth-order valence-corrected chi connectivity index (χ4v) is 2.52. The summed E-state index contributed by atoms with van der Waals surface area (Å²) in [5.74, 6) is 0. The molecule has 19 heavy (non-hydrogen) atoms. The smallest absolute Gasteiger partial charge is 0.0948 e. The zero-order valence-corrected chi connectivity index (χ0v) is 11.6. The van der Waals surface area contributed by atoms with Gasteiger partial charge in [0.1, 0.15) is 0 Å². The molecule has 0 aromatic heterocycles. The SMILES string of the molecule is CCCCOCC(O)CN1CCc2cccc(N)c21. The van der Waals surface area contributed by atoms with E-state index in [9.17, 15) is 5.11 Å². The van der Waals surface area contributed by atoms with Crippen molar-refractivity contribution < 1.29 is 9.84 Å². The number of rotatable bonds is 7. The molecular formula is C15H24N2O2. The van der Waals surface area contributed by atoms with Crippen molar-refractivity contribution in [2.24, 2.45) is 0 Å². The van der Waals surface area contributed by atoms with Gasteiger partial charge in [0.05, 0.1) is 24.1 Å². The van der Waals surface area contributed by atoms with Crippen molar-refractivity contribution in [2.75, 3.05) is 36.9 Å². The summed E-state index contributed by atoms with van der Waals surface area (Å²) in [6, 6.07) is 6.01. The van der Waals surface area contributed by atoms with Crippen LogP contribution in [0.1, 0.15) is 25.3 Å². The van der Waals surface area contributed by atoms with Crippen LogP contribution >= 0.6 is 0 Å². The van der Waals surface area contributed by atoms with Crippen LogP contribution in [0.5, 0.6) is 0 Å². The van der Waals surface area contributed by atoms with Gasteiger partial charge in [0.15, 0.2) is 0 Å². The normalized spacial score (nSPS) is 15.6. The molecule has 0 aliphatic carbocycles. The van der Waals surface area contributed by atoms with E-state index in [4.69, 9.17) is 10.5 Å². The fourth-order valence-electron chi connectivity index (χ4n) is 2.52. The summed E-state index contributed by atoms with van der Waals surface area (Å²) in [5.41, 5.74) is 9.19. The highest BCUT2D eigenvalue weighted by atomic mass is 16.5. The summed E-state index contributed by atoms with van der Waals surface area (Å²) in [4.78, 5) is 2.17. The van der Waals surface area contributed by atoms with Gasteiger partial charge in [-0.25, -0.2) is 0 Å². The molecule has 0 radical (unpaired) electrons. The monoisotopic (exact) mass is 264 g/mol. The maximum atomic E-state index is 10.0. The topological polar surface area (TPSA) is 58.7 Å². The number of benzene rings is 1. The molecule has 0 saturated carbocycles. The van der Waals surface area contributed by atoms with Gasteiger partial charge in [-0.2, -0.15) is 0 Å². The van der Waals surface area contributed by atoms with E-state index in [0.29, 0.717) is 13.2 Å². The highest BCUT2D eigenvalue weighted by Crippen LogP contribution is 2.33. The van der Waals surface area contributed by atoms with E-state index in [1.54, 1.807) is 0 Å². The van der Waals surface area contributed by atoms with Gasteiger partial charge in [0, 0.05) is 19.7 Å². The average Bonchev–Trinajstić information content (AvgIpc) is 2.79. The van der Waals surface area contributed by atoms with Crippen molar-refractivity contribution in [3.63, 3.8) is 0 Å². The van der Waals surface area contributed by atoms with Gasteiger partial charge in [-0.3, -0.25) is 0 Å². The van der Waals surface area contributed by atoms with Crippen LogP contribution in [0.2, 0.25) is 0 Å². The number of nitrogens with two attached hydrogens (primary N) is 1. The molecular weight excluding hydrogens is 240 g/mol. The lowest BCUT2D eigenvalue weighted by molar-refractivity contribution is 0.0394.